The molecular formula is C19H17ClN4O2S. The van der Waals surface area contributed by atoms with E-state index in [4.69, 9.17) is 11.6 Å². The highest BCUT2D eigenvalue weighted by Crippen LogP contribution is 2.18. The summed E-state index contributed by atoms with van der Waals surface area (Å²) >= 11 is 7.15. The van der Waals surface area contributed by atoms with Gasteiger partial charge < -0.3 is 5.32 Å². The summed E-state index contributed by atoms with van der Waals surface area (Å²) in [6.07, 6.45) is 4.22. The quantitative estimate of drug-likeness (QED) is 0.633. The molecule has 3 rings (SSSR count). The van der Waals surface area contributed by atoms with Crippen molar-refractivity contribution in [3.63, 3.8) is 0 Å². The molecular weight excluding hydrogens is 384 g/mol. The third-order valence-electron chi connectivity index (χ3n) is 3.73. The lowest BCUT2D eigenvalue weighted by molar-refractivity contribution is -0.121. The molecule has 0 aliphatic rings. The minimum Gasteiger partial charge on any atom is -0.352 e. The van der Waals surface area contributed by atoms with E-state index >= 15 is 0 Å². The third-order valence-corrected chi connectivity index (χ3v) is 4.78. The monoisotopic (exact) mass is 400 g/mol. The molecule has 0 spiro atoms. The number of carbonyl (C=O) groups is 2. The Morgan fingerprint density at radius 1 is 1.07 bits per heavy atom. The molecule has 3 aromatic rings. The maximum Gasteiger partial charge on any atom is 0.257 e. The van der Waals surface area contributed by atoms with Crippen molar-refractivity contribution in [1.82, 2.24) is 15.3 Å². The summed E-state index contributed by atoms with van der Waals surface area (Å²) in [6.45, 7) is 0.473. The van der Waals surface area contributed by atoms with Crippen molar-refractivity contribution in [2.75, 3.05) is 5.32 Å². The van der Waals surface area contributed by atoms with Crippen molar-refractivity contribution in [2.24, 2.45) is 0 Å². The van der Waals surface area contributed by atoms with Gasteiger partial charge in [0.05, 0.1) is 5.69 Å². The summed E-state index contributed by atoms with van der Waals surface area (Å²) in [4.78, 5) is 32.4. The topological polar surface area (TPSA) is 84.0 Å². The molecule has 0 bridgehead atoms. The molecule has 138 valence electrons. The first kappa shape index (κ1) is 19.0. The standard InChI is InChI=1S/C19H17ClN4O2S/c20-15-3-1-14(2-4-15)18(26)24-19-23-16(12-27-19)5-6-17(25)22-11-13-7-9-21-10-8-13/h1-4,7-10,12H,5-6,11H2,(H,22,25)(H,23,24,26). The number of aromatic nitrogens is 2. The molecule has 0 unspecified atom stereocenters. The molecule has 0 fully saturated rings. The summed E-state index contributed by atoms with van der Waals surface area (Å²) in [5.41, 5.74) is 2.27. The van der Waals surface area contributed by atoms with E-state index in [0.717, 1.165) is 11.3 Å². The first-order chi connectivity index (χ1) is 13.1. The molecule has 0 aliphatic carbocycles. The Bertz CT molecular complexity index is 913. The van der Waals surface area contributed by atoms with E-state index in [0.29, 0.717) is 35.1 Å². The van der Waals surface area contributed by atoms with Crippen molar-refractivity contribution in [3.8, 4) is 0 Å². The second-order valence-corrected chi connectivity index (χ2v) is 7.03. The second kappa shape index (κ2) is 9.25. The molecule has 2 N–H and O–H groups in total. The summed E-state index contributed by atoms with van der Waals surface area (Å²) in [7, 11) is 0. The minimum absolute atomic E-state index is 0.0495. The van der Waals surface area contributed by atoms with Crippen molar-refractivity contribution < 1.29 is 9.59 Å². The normalized spacial score (nSPS) is 10.4. The highest BCUT2D eigenvalue weighted by atomic mass is 35.5. The van der Waals surface area contributed by atoms with Gasteiger partial charge in [-0.2, -0.15) is 0 Å². The lowest BCUT2D eigenvalue weighted by Crippen LogP contribution is -2.23. The van der Waals surface area contributed by atoms with Crippen LogP contribution in [-0.2, 0) is 17.8 Å². The van der Waals surface area contributed by atoms with Crippen LogP contribution >= 0.6 is 22.9 Å². The number of pyridine rings is 1. The molecule has 2 aromatic heterocycles. The van der Waals surface area contributed by atoms with Crippen LogP contribution in [0.1, 0.15) is 28.0 Å². The molecule has 2 heterocycles. The predicted octanol–water partition coefficient (Wildman–Crippen LogP) is 3.69. The maximum absolute atomic E-state index is 12.2. The number of rotatable bonds is 7. The molecule has 0 atom stereocenters. The Kier molecular flexibility index (Phi) is 6.51. The van der Waals surface area contributed by atoms with Crippen LogP contribution in [0, 0.1) is 0 Å². The highest BCUT2D eigenvalue weighted by molar-refractivity contribution is 7.14. The number of hydrogen-bond donors (Lipinski definition) is 2. The molecule has 2 amide bonds. The van der Waals surface area contributed by atoms with E-state index in [9.17, 15) is 9.59 Å². The number of thiazole rings is 1. The van der Waals surface area contributed by atoms with E-state index in [1.165, 1.54) is 11.3 Å². The number of halogens is 1. The van der Waals surface area contributed by atoms with Gasteiger partial charge in [0.2, 0.25) is 5.91 Å². The SMILES string of the molecule is O=C(CCc1csc(NC(=O)c2ccc(Cl)cc2)n1)NCc1ccncc1. The Balaban J connectivity index is 1.45. The lowest BCUT2D eigenvalue weighted by atomic mass is 10.2. The van der Waals surface area contributed by atoms with Gasteiger partial charge in [0.1, 0.15) is 0 Å². The smallest absolute Gasteiger partial charge is 0.257 e. The fraction of sp³-hybridized carbons (Fsp3) is 0.158. The zero-order valence-corrected chi connectivity index (χ0v) is 15.9. The van der Waals surface area contributed by atoms with E-state index in [1.807, 2.05) is 17.5 Å². The molecule has 8 heteroatoms. The van der Waals surface area contributed by atoms with Crippen molar-refractivity contribution >= 4 is 39.9 Å². The Hall–Kier alpha value is -2.77. The molecule has 6 nitrogen and oxygen atoms in total. The van der Waals surface area contributed by atoms with Crippen LogP contribution in [0.4, 0.5) is 5.13 Å². The second-order valence-electron chi connectivity index (χ2n) is 5.74. The Labute approximate surface area is 165 Å². The predicted molar refractivity (Wildman–Crippen MR) is 106 cm³/mol. The first-order valence-corrected chi connectivity index (χ1v) is 9.53. The van der Waals surface area contributed by atoms with Gasteiger partial charge in [-0.3, -0.25) is 19.9 Å². The summed E-state index contributed by atoms with van der Waals surface area (Å²) < 4.78 is 0. The molecule has 1 aromatic carbocycles. The third kappa shape index (κ3) is 5.87. The zero-order chi connectivity index (χ0) is 19.1. The largest absolute Gasteiger partial charge is 0.352 e. The van der Waals surface area contributed by atoms with E-state index in [2.05, 4.69) is 20.6 Å². The van der Waals surface area contributed by atoms with Crippen LogP contribution in [0.5, 0.6) is 0 Å². The van der Waals surface area contributed by atoms with Gasteiger partial charge in [-0.15, -0.1) is 11.3 Å². The number of carbonyl (C=O) groups excluding carboxylic acids is 2. The Morgan fingerprint density at radius 3 is 2.56 bits per heavy atom. The van der Waals surface area contributed by atoms with Crippen LogP contribution in [0.25, 0.3) is 0 Å². The van der Waals surface area contributed by atoms with Crippen LogP contribution < -0.4 is 10.6 Å². The van der Waals surface area contributed by atoms with Crippen molar-refractivity contribution in [3.05, 3.63) is 76.0 Å². The number of nitrogens with one attached hydrogen (secondary N) is 2. The molecule has 27 heavy (non-hydrogen) atoms. The number of benzene rings is 1. The number of hydrogen-bond acceptors (Lipinski definition) is 5. The lowest BCUT2D eigenvalue weighted by Gasteiger charge is -2.04. The van der Waals surface area contributed by atoms with Gasteiger partial charge in [-0.1, -0.05) is 11.6 Å². The fourth-order valence-corrected chi connectivity index (χ4v) is 3.15. The van der Waals surface area contributed by atoms with Gasteiger partial charge in [0.25, 0.3) is 5.91 Å². The fourth-order valence-electron chi connectivity index (χ4n) is 2.28. The molecule has 0 saturated carbocycles. The number of amides is 2. The number of anilines is 1. The van der Waals surface area contributed by atoms with E-state index < -0.39 is 0 Å². The maximum atomic E-state index is 12.2. The average Bonchev–Trinajstić information content (AvgIpc) is 3.13. The number of nitrogens with zero attached hydrogens (tertiary/aromatic N) is 2. The van der Waals surface area contributed by atoms with E-state index in [-0.39, 0.29) is 11.8 Å². The molecule has 0 aliphatic heterocycles. The molecule has 0 saturated heterocycles. The summed E-state index contributed by atoms with van der Waals surface area (Å²) in [6, 6.07) is 10.3. The van der Waals surface area contributed by atoms with Gasteiger partial charge in [0.15, 0.2) is 5.13 Å². The number of aryl methyl sites for hydroxylation is 1. The highest BCUT2D eigenvalue weighted by Gasteiger charge is 2.10. The van der Waals surface area contributed by atoms with Crippen molar-refractivity contribution in [2.45, 2.75) is 19.4 Å². The molecule has 0 radical (unpaired) electrons. The van der Waals surface area contributed by atoms with Crippen LogP contribution in [0.2, 0.25) is 5.02 Å². The van der Waals surface area contributed by atoms with E-state index in [1.54, 1.807) is 36.7 Å². The minimum atomic E-state index is -0.248. The summed E-state index contributed by atoms with van der Waals surface area (Å²) in [5, 5.41) is 8.53. The van der Waals surface area contributed by atoms with Crippen molar-refractivity contribution in [1.29, 1.82) is 0 Å². The zero-order valence-electron chi connectivity index (χ0n) is 14.3. The van der Waals surface area contributed by atoms with Gasteiger partial charge in [-0.25, -0.2) is 4.98 Å². The van der Waals surface area contributed by atoms with Crippen LogP contribution in [0.3, 0.4) is 0 Å². The van der Waals surface area contributed by atoms with Gasteiger partial charge in [-0.05, 0) is 48.4 Å². The Morgan fingerprint density at radius 2 is 1.81 bits per heavy atom. The van der Waals surface area contributed by atoms with Gasteiger partial charge >= 0.3 is 0 Å². The first-order valence-electron chi connectivity index (χ1n) is 8.27. The van der Waals surface area contributed by atoms with Gasteiger partial charge in [0, 0.05) is 41.3 Å². The van der Waals surface area contributed by atoms with Crippen LogP contribution in [0.15, 0.2) is 54.2 Å². The van der Waals surface area contributed by atoms with Crippen LogP contribution in [-0.4, -0.2) is 21.8 Å². The summed E-state index contributed by atoms with van der Waals surface area (Å²) in [5.74, 6) is -0.297. The average molecular weight is 401 g/mol.